The van der Waals surface area contributed by atoms with E-state index in [0.29, 0.717) is 31.0 Å². The predicted molar refractivity (Wildman–Crippen MR) is 119 cm³/mol. The number of aromatic nitrogens is 5. The topological polar surface area (TPSA) is 101 Å². The number of fused-ring (bicyclic) bond motifs is 1. The number of hydrogen-bond acceptors (Lipinski definition) is 6. The summed E-state index contributed by atoms with van der Waals surface area (Å²) in [6.45, 7) is 2.60. The van der Waals surface area contributed by atoms with Crippen molar-refractivity contribution in [3.63, 3.8) is 0 Å². The standard InChI is InChI=1S/C23H26N6O3/c1-26-19(22(30)31)12-25-20(26)15-27-11-9-17(14-27)29-21-18(8-5-10-24-21)28(23(29)32)13-16-6-3-2-4-7-16/h2-8,10,12,17,22,30-31H,9,11,13-15H2,1H3/t17-/m0/s1. The van der Waals surface area contributed by atoms with E-state index in [1.807, 2.05) is 47.0 Å². The van der Waals surface area contributed by atoms with E-state index in [2.05, 4.69) is 14.9 Å². The van der Waals surface area contributed by atoms with Crippen molar-refractivity contribution in [1.82, 2.24) is 28.6 Å². The van der Waals surface area contributed by atoms with Gasteiger partial charge in [0.2, 0.25) is 0 Å². The summed E-state index contributed by atoms with van der Waals surface area (Å²) in [6, 6.07) is 13.8. The fourth-order valence-corrected chi connectivity index (χ4v) is 4.57. The number of hydrogen-bond donors (Lipinski definition) is 2. The zero-order valence-corrected chi connectivity index (χ0v) is 17.9. The lowest BCUT2D eigenvalue weighted by molar-refractivity contribution is -0.0479. The first-order chi connectivity index (χ1) is 15.5. The number of rotatable bonds is 6. The molecule has 0 amide bonds. The second kappa shape index (κ2) is 8.34. The minimum Gasteiger partial charge on any atom is -0.363 e. The van der Waals surface area contributed by atoms with Gasteiger partial charge in [-0.2, -0.15) is 0 Å². The Bertz CT molecular complexity index is 1290. The molecule has 3 aromatic heterocycles. The molecule has 1 aromatic carbocycles. The van der Waals surface area contributed by atoms with Crippen LogP contribution in [-0.2, 0) is 20.1 Å². The zero-order chi connectivity index (χ0) is 22.2. The van der Waals surface area contributed by atoms with Crippen LogP contribution in [0, 0.1) is 0 Å². The SMILES string of the molecule is Cn1c(C(O)O)cnc1CN1CC[C@H](n2c(=O)n(Cc3ccccc3)c3cccnc32)C1. The van der Waals surface area contributed by atoms with E-state index in [0.717, 1.165) is 29.9 Å². The van der Waals surface area contributed by atoms with E-state index in [-0.39, 0.29) is 11.7 Å². The molecule has 1 atom stereocenters. The van der Waals surface area contributed by atoms with Crippen molar-refractivity contribution in [3.8, 4) is 0 Å². The summed E-state index contributed by atoms with van der Waals surface area (Å²) in [4.78, 5) is 24.6. The third-order valence-electron chi connectivity index (χ3n) is 6.27. The van der Waals surface area contributed by atoms with Gasteiger partial charge in [0.25, 0.3) is 0 Å². The highest BCUT2D eigenvalue weighted by atomic mass is 16.5. The van der Waals surface area contributed by atoms with E-state index < -0.39 is 6.29 Å². The smallest absolute Gasteiger partial charge is 0.330 e. The van der Waals surface area contributed by atoms with E-state index in [1.165, 1.54) is 6.20 Å². The van der Waals surface area contributed by atoms with Crippen molar-refractivity contribution in [2.24, 2.45) is 7.05 Å². The number of imidazole rings is 2. The van der Waals surface area contributed by atoms with Crippen molar-refractivity contribution < 1.29 is 10.2 Å². The summed E-state index contributed by atoms with van der Waals surface area (Å²) in [7, 11) is 1.77. The predicted octanol–water partition coefficient (Wildman–Crippen LogP) is 1.41. The molecule has 0 bridgehead atoms. The summed E-state index contributed by atoms with van der Waals surface area (Å²) in [5, 5.41) is 18.9. The highest BCUT2D eigenvalue weighted by Gasteiger charge is 2.29. The van der Waals surface area contributed by atoms with Crippen LogP contribution in [0.5, 0.6) is 0 Å². The molecular weight excluding hydrogens is 408 g/mol. The van der Waals surface area contributed by atoms with Crippen LogP contribution < -0.4 is 5.69 Å². The minimum atomic E-state index is -1.55. The summed E-state index contributed by atoms with van der Waals surface area (Å²) in [5.41, 5.74) is 2.94. The van der Waals surface area contributed by atoms with Crippen LogP contribution >= 0.6 is 0 Å². The Morgan fingerprint density at radius 1 is 1.09 bits per heavy atom. The second-order valence-electron chi connectivity index (χ2n) is 8.28. The average molecular weight is 435 g/mol. The van der Waals surface area contributed by atoms with Gasteiger partial charge in [-0.15, -0.1) is 0 Å². The first-order valence-corrected chi connectivity index (χ1v) is 10.7. The van der Waals surface area contributed by atoms with Gasteiger partial charge in [-0.3, -0.25) is 14.0 Å². The molecule has 9 heteroatoms. The summed E-state index contributed by atoms with van der Waals surface area (Å²) < 4.78 is 5.34. The third kappa shape index (κ3) is 3.64. The maximum absolute atomic E-state index is 13.5. The van der Waals surface area contributed by atoms with Gasteiger partial charge in [-0.1, -0.05) is 30.3 Å². The molecule has 1 aliphatic heterocycles. The van der Waals surface area contributed by atoms with E-state index in [1.54, 1.807) is 22.4 Å². The molecule has 5 rings (SSSR count). The quantitative estimate of drug-likeness (QED) is 0.445. The minimum absolute atomic E-state index is 0.0140. The molecule has 0 radical (unpaired) electrons. The molecule has 1 fully saturated rings. The highest BCUT2D eigenvalue weighted by molar-refractivity contribution is 5.71. The molecule has 166 valence electrons. The van der Waals surface area contributed by atoms with Crippen LogP contribution in [0.25, 0.3) is 11.2 Å². The fourth-order valence-electron chi connectivity index (χ4n) is 4.57. The van der Waals surface area contributed by atoms with Gasteiger partial charge in [-0.05, 0) is 24.1 Å². The monoisotopic (exact) mass is 434 g/mol. The molecular formula is C23H26N6O3. The Balaban J connectivity index is 1.42. The Kier molecular flexibility index (Phi) is 5.38. The zero-order valence-electron chi connectivity index (χ0n) is 17.9. The first kappa shape index (κ1) is 20.6. The molecule has 4 heterocycles. The lowest BCUT2D eigenvalue weighted by atomic mass is 10.2. The van der Waals surface area contributed by atoms with Crippen LogP contribution in [0.4, 0.5) is 0 Å². The van der Waals surface area contributed by atoms with Crippen molar-refractivity contribution in [3.05, 3.63) is 82.4 Å². The molecule has 9 nitrogen and oxygen atoms in total. The van der Waals surface area contributed by atoms with Gasteiger partial charge < -0.3 is 14.8 Å². The molecule has 0 aliphatic carbocycles. The Morgan fingerprint density at radius 2 is 1.91 bits per heavy atom. The number of benzene rings is 1. The van der Waals surface area contributed by atoms with Gasteiger partial charge in [0.05, 0.1) is 36.5 Å². The van der Waals surface area contributed by atoms with Gasteiger partial charge in [-0.25, -0.2) is 14.8 Å². The third-order valence-corrected chi connectivity index (χ3v) is 6.27. The number of pyridine rings is 1. The maximum atomic E-state index is 13.5. The summed E-state index contributed by atoms with van der Waals surface area (Å²) in [6.07, 6.45) is 2.50. The largest absolute Gasteiger partial charge is 0.363 e. The second-order valence-corrected chi connectivity index (χ2v) is 8.28. The number of likely N-dealkylation sites (tertiary alicyclic amines) is 1. The number of aliphatic hydroxyl groups excluding tert-OH is 1. The van der Waals surface area contributed by atoms with E-state index in [4.69, 9.17) is 0 Å². The molecule has 1 saturated heterocycles. The van der Waals surface area contributed by atoms with E-state index >= 15 is 0 Å². The van der Waals surface area contributed by atoms with Crippen molar-refractivity contribution >= 4 is 11.2 Å². The summed E-state index contributed by atoms with van der Waals surface area (Å²) in [5.74, 6) is 0.755. The molecule has 0 spiro atoms. The van der Waals surface area contributed by atoms with Crippen molar-refractivity contribution in [1.29, 1.82) is 0 Å². The average Bonchev–Trinajstić information content (AvgIpc) is 3.47. The Hall–Kier alpha value is -3.27. The Morgan fingerprint density at radius 3 is 2.66 bits per heavy atom. The molecule has 0 unspecified atom stereocenters. The van der Waals surface area contributed by atoms with Gasteiger partial charge in [0.15, 0.2) is 11.9 Å². The lowest BCUT2D eigenvalue weighted by Gasteiger charge is -2.17. The normalized spacial score (nSPS) is 17.1. The first-order valence-electron chi connectivity index (χ1n) is 10.7. The molecule has 2 N–H and O–H groups in total. The Labute approximate surface area is 184 Å². The lowest BCUT2D eigenvalue weighted by Crippen LogP contribution is -2.30. The number of aliphatic hydroxyl groups is 2. The van der Waals surface area contributed by atoms with Crippen LogP contribution in [0.1, 0.15) is 35.8 Å². The number of nitrogens with zero attached hydrogens (tertiary/aromatic N) is 6. The molecule has 32 heavy (non-hydrogen) atoms. The molecule has 1 aliphatic rings. The maximum Gasteiger partial charge on any atom is 0.330 e. The van der Waals surface area contributed by atoms with Crippen molar-refractivity contribution in [2.45, 2.75) is 31.8 Å². The van der Waals surface area contributed by atoms with Crippen molar-refractivity contribution in [2.75, 3.05) is 13.1 Å². The van der Waals surface area contributed by atoms with Crippen LogP contribution in [0.2, 0.25) is 0 Å². The van der Waals surface area contributed by atoms with E-state index in [9.17, 15) is 15.0 Å². The molecule has 4 aromatic rings. The van der Waals surface area contributed by atoms with Crippen LogP contribution in [-0.4, -0.2) is 51.9 Å². The van der Waals surface area contributed by atoms with Gasteiger partial charge in [0.1, 0.15) is 5.82 Å². The van der Waals surface area contributed by atoms with Gasteiger partial charge >= 0.3 is 5.69 Å². The summed E-state index contributed by atoms with van der Waals surface area (Å²) >= 11 is 0. The highest BCUT2D eigenvalue weighted by Crippen LogP contribution is 2.26. The van der Waals surface area contributed by atoms with Crippen LogP contribution in [0.15, 0.2) is 59.7 Å². The van der Waals surface area contributed by atoms with Crippen LogP contribution in [0.3, 0.4) is 0 Å². The molecule has 0 saturated carbocycles. The fraction of sp³-hybridized carbons (Fsp3) is 0.348. The van der Waals surface area contributed by atoms with Gasteiger partial charge in [0, 0.05) is 26.3 Å².